The maximum absolute atomic E-state index is 12.7. The summed E-state index contributed by atoms with van der Waals surface area (Å²) in [6.45, 7) is 6.53. The van der Waals surface area contributed by atoms with E-state index in [0.717, 1.165) is 19.1 Å². The lowest BCUT2D eigenvalue weighted by atomic mass is 9.78. The Kier molecular flexibility index (Phi) is 3.58. The highest BCUT2D eigenvalue weighted by Gasteiger charge is 2.74. The third-order valence-electron chi connectivity index (χ3n) is 5.20. The summed E-state index contributed by atoms with van der Waals surface area (Å²) >= 11 is 0. The number of aldehydes is 1. The van der Waals surface area contributed by atoms with Crippen LogP contribution in [-0.4, -0.2) is 54.0 Å². The van der Waals surface area contributed by atoms with Crippen LogP contribution in [0.1, 0.15) is 40.0 Å². The Bertz CT molecular complexity index is 455. The summed E-state index contributed by atoms with van der Waals surface area (Å²) in [4.78, 5) is 26.1. The first-order valence-corrected chi connectivity index (χ1v) is 7.70. The van der Waals surface area contributed by atoms with E-state index in [9.17, 15) is 9.59 Å². The highest BCUT2D eigenvalue weighted by Crippen LogP contribution is 2.54. The van der Waals surface area contributed by atoms with Crippen LogP contribution >= 0.6 is 0 Å². The van der Waals surface area contributed by atoms with Crippen LogP contribution in [0.25, 0.3) is 0 Å². The molecule has 5 atom stereocenters. The highest BCUT2D eigenvalue weighted by atomic mass is 16.7. The van der Waals surface area contributed by atoms with Crippen molar-refractivity contribution < 1.29 is 23.8 Å². The lowest BCUT2D eigenvalue weighted by Gasteiger charge is -2.37. The zero-order valence-electron chi connectivity index (χ0n) is 12.8. The lowest BCUT2D eigenvalue weighted by molar-refractivity contribution is -0.190. The number of hydrogen-bond donors (Lipinski definition) is 0. The van der Waals surface area contributed by atoms with Crippen LogP contribution in [0.4, 0.5) is 0 Å². The van der Waals surface area contributed by atoms with Gasteiger partial charge in [0.05, 0.1) is 12.5 Å². The molecular weight excluding hydrogens is 274 g/mol. The Morgan fingerprint density at radius 2 is 2.29 bits per heavy atom. The molecule has 6 heteroatoms. The molecule has 0 radical (unpaired) electrons. The van der Waals surface area contributed by atoms with Gasteiger partial charge in [-0.2, -0.15) is 0 Å². The Balaban J connectivity index is 1.84. The minimum Gasteiger partial charge on any atom is -0.356 e. The molecule has 3 fully saturated rings. The van der Waals surface area contributed by atoms with Crippen molar-refractivity contribution in [2.24, 2.45) is 5.92 Å². The molecule has 118 valence electrons. The van der Waals surface area contributed by atoms with Crippen molar-refractivity contribution in [2.45, 2.75) is 63.7 Å². The molecule has 3 aliphatic heterocycles. The number of nitrogens with zero attached hydrogens (tertiary/aromatic N) is 1. The van der Waals surface area contributed by atoms with Crippen molar-refractivity contribution in [1.29, 1.82) is 0 Å². The maximum atomic E-state index is 12.7. The van der Waals surface area contributed by atoms with Gasteiger partial charge >= 0.3 is 0 Å². The van der Waals surface area contributed by atoms with Gasteiger partial charge in [0.2, 0.25) is 5.91 Å². The summed E-state index contributed by atoms with van der Waals surface area (Å²) in [5, 5.41) is 0. The van der Waals surface area contributed by atoms with E-state index in [1.165, 1.54) is 0 Å². The van der Waals surface area contributed by atoms with Gasteiger partial charge in [-0.25, -0.2) is 0 Å². The van der Waals surface area contributed by atoms with Gasteiger partial charge in [-0.1, -0.05) is 13.3 Å². The second kappa shape index (κ2) is 5.04. The largest absolute Gasteiger partial charge is 0.356 e. The van der Waals surface area contributed by atoms with Gasteiger partial charge in [-0.15, -0.1) is 0 Å². The average Bonchev–Trinajstić information content (AvgIpc) is 3.02. The maximum Gasteiger partial charge on any atom is 0.231 e. The minimum atomic E-state index is -1.02. The van der Waals surface area contributed by atoms with Crippen molar-refractivity contribution in [1.82, 2.24) is 4.90 Å². The number of hydrogen-bond acceptors (Lipinski definition) is 5. The zero-order chi connectivity index (χ0) is 15.3. The smallest absolute Gasteiger partial charge is 0.231 e. The number of amides is 1. The Morgan fingerprint density at radius 1 is 1.52 bits per heavy atom. The van der Waals surface area contributed by atoms with Crippen molar-refractivity contribution >= 4 is 12.2 Å². The molecule has 3 heterocycles. The van der Waals surface area contributed by atoms with E-state index in [2.05, 4.69) is 6.92 Å². The van der Waals surface area contributed by atoms with Gasteiger partial charge in [-0.05, 0) is 20.3 Å². The molecule has 0 bridgehead atoms. The highest BCUT2D eigenvalue weighted by molar-refractivity contribution is 5.92. The van der Waals surface area contributed by atoms with E-state index in [4.69, 9.17) is 14.2 Å². The van der Waals surface area contributed by atoms with Gasteiger partial charge in [-0.3, -0.25) is 9.69 Å². The fourth-order valence-corrected chi connectivity index (χ4v) is 3.87. The molecule has 0 N–H and O–H groups in total. The van der Waals surface area contributed by atoms with E-state index >= 15 is 0 Å². The predicted molar refractivity (Wildman–Crippen MR) is 73.3 cm³/mol. The van der Waals surface area contributed by atoms with Crippen molar-refractivity contribution in [3.63, 3.8) is 0 Å². The third-order valence-corrected chi connectivity index (χ3v) is 5.20. The van der Waals surface area contributed by atoms with Gasteiger partial charge in [0.15, 0.2) is 18.1 Å². The van der Waals surface area contributed by atoms with Crippen molar-refractivity contribution in [3.05, 3.63) is 0 Å². The zero-order valence-corrected chi connectivity index (χ0v) is 12.8. The summed E-state index contributed by atoms with van der Waals surface area (Å²) in [7, 11) is 0. The predicted octanol–water partition coefficient (Wildman–Crippen LogP) is 1.08. The van der Waals surface area contributed by atoms with Crippen LogP contribution in [0, 0.1) is 5.92 Å². The molecule has 0 aliphatic carbocycles. The SMILES string of the molecule is CCCCO[C@H]1C[C@H]2C(=O)N3[C@H](C)OC[C@@]3(C=O)[C@@]2(C)O1. The molecule has 0 spiro atoms. The first-order chi connectivity index (χ1) is 10.00. The molecule has 21 heavy (non-hydrogen) atoms. The van der Waals surface area contributed by atoms with Gasteiger partial charge in [0, 0.05) is 13.0 Å². The number of ether oxygens (including phenoxy) is 3. The quantitative estimate of drug-likeness (QED) is 0.561. The standard InChI is InChI=1S/C15H23NO5/c1-4-5-6-19-12-7-11-13(18)16-10(2)20-9-15(16,8-17)14(11,3)21-12/h8,10-12H,4-7,9H2,1-3H3/t10-,11-,12+,14-,15-/m0/s1. The first kappa shape index (κ1) is 14.9. The fraction of sp³-hybridized carbons (Fsp3) is 0.867. The molecule has 3 aliphatic rings. The van der Waals surface area contributed by atoms with E-state index in [1.807, 2.05) is 6.92 Å². The summed E-state index contributed by atoms with van der Waals surface area (Å²) in [6, 6.07) is 0. The van der Waals surface area contributed by atoms with Crippen LogP contribution in [-0.2, 0) is 23.8 Å². The average molecular weight is 297 g/mol. The molecule has 3 saturated heterocycles. The summed E-state index contributed by atoms with van der Waals surface area (Å²) < 4.78 is 17.3. The summed E-state index contributed by atoms with van der Waals surface area (Å²) in [5.41, 5.74) is -1.88. The number of rotatable bonds is 5. The van der Waals surface area contributed by atoms with Crippen LogP contribution in [0.15, 0.2) is 0 Å². The number of carbonyl (C=O) groups excluding carboxylic acids is 2. The number of unbranched alkanes of at least 4 members (excludes halogenated alkanes) is 1. The number of carbonyl (C=O) groups is 2. The van der Waals surface area contributed by atoms with E-state index < -0.39 is 17.4 Å². The molecular formula is C15H23NO5. The monoisotopic (exact) mass is 297 g/mol. The molecule has 6 nitrogen and oxygen atoms in total. The third kappa shape index (κ3) is 1.82. The van der Waals surface area contributed by atoms with Crippen LogP contribution < -0.4 is 0 Å². The molecule has 0 aromatic rings. The Hall–Kier alpha value is -0.980. The first-order valence-electron chi connectivity index (χ1n) is 7.70. The normalized spacial score (nSPS) is 45.0. The van der Waals surface area contributed by atoms with E-state index in [0.29, 0.717) is 13.0 Å². The number of fused-ring (bicyclic) bond motifs is 3. The van der Waals surface area contributed by atoms with Crippen LogP contribution in [0.2, 0.25) is 0 Å². The topological polar surface area (TPSA) is 65.1 Å². The molecule has 0 unspecified atom stereocenters. The second-order valence-electron chi connectivity index (χ2n) is 6.33. The molecule has 3 rings (SSSR count). The van der Waals surface area contributed by atoms with Gasteiger partial charge in [0.1, 0.15) is 11.8 Å². The molecule has 0 aromatic heterocycles. The Labute approximate surface area is 124 Å². The van der Waals surface area contributed by atoms with Crippen molar-refractivity contribution in [3.8, 4) is 0 Å². The van der Waals surface area contributed by atoms with Crippen LogP contribution in [0.5, 0.6) is 0 Å². The minimum absolute atomic E-state index is 0.0591. The van der Waals surface area contributed by atoms with Gasteiger partial charge in [0.25, 0.3) is 0 Å². The van der Waals surface area contributed by atoms with Crippen LogP contribution in [0.3, 0.4) is 0 Å². The van der Waals surface area contributed by atoms with Gasteiger partial charge < -0.3 is 19.0 Å². The molecule has 1 amide bonds. The fourth-order valence-electron chi connectivity index (χ4n) is 3.87. The second-order valence-corrected chi connectivity index (χ2v) is 6.33. The summed E-state index contributed by atoms with van der Waals surface area (Å²) in [5.74, 6) is -0.392. The van der Waals surface area contributed by atoms with E-state index in [-0.39, 0.29) is 24.7 Å². The Morgan fingerprint density at radius 3 is 2.95 bits per heavy atom. The lowest BCUT2D eigenvalue weighted by Crippen LogP contribution is -2.59. The molecule has 0 aromatic carbocycles. The summed E-state index contributed by atoms with van der Waals surface area (Å²) in [6.07, 6.45) is 2.55. The van der Waals surface area contributed by atoms with Crippen molar-refractivity contribution in [2.75, 3.05) is 13.2 Å². The van der Waals surface area contributed by atoms with E-state index in [1.54, 1.807) is 11.8 Å². The molecule has 0 saturated carbocycles.